The van der Waals surface area contributed by atoms with Crippen molar-refractivity contribution in [3.63, 3.8) is 0 Å². The van der Waals surface area contributed by atoms with Gasteiger partial charge in [0.25, 0.3) is 0 Å². The van der Waals surface area contributed by atoms with E-state index in [-0.39, 0.29) is 24.9 Å². The first-order chi connectivity index (χ1) is 14.0. The number of carbonyl (C=O) groups excluding carboxylic acids is 1. The smallest absolute Gasteiger partial charge is 0.231 e. The van der Waals surface area contributed by atoms with Crippen LogP contribution in [0.15, 0.2) is 66.9 Å². The van der Waals surface area contributed by atoms with Crippen molar-refractivity contribution in [3.05, 3.63) is 78.0 Å². The summed E-state index contributed by atoms with van der Waals surface area (Å²) in [6.07, 6.45) is 6.64. The van der Waals surface area contributed by atoms with E-state index >= 15 is 0 Å². The van der Waals surface area contributed by atoms with Gasteiger partial charge in [0.05, 0.1) is 17.5 Å². The Morgan fingerprint density at radius 2 is 1.90 bits per heavy atom. The second-order valence-corrected chi connectivity index (χ2v) is 9.20. The molecule has 1 unspecified atom stereocenters. The second-order valence-electron chi connectivity index (χ2n) is 6.94. The maximum Gasteiger partial charge on any atom is 0.231 e. The minimum atomic E-state index is -3.28. The minimum Gasteiger partial charge on any atom is -0.454 e. The molecule has 2 aromatic carbocycles. The fourth-order valence-electron chi connectivity index (χ4n) is 3.27. The molecule has 0 saturated carbocycles. The first-order valence-electron chi connectivity index (χ1n) is 9.31. The number of rotatable bonds is 6. The summed E-state index contributed by atoms with van der Waals surface area (Å²) in [5.74, 6) is 1.11. The van der Waals surface area contributed by atoms with Crippen LogP contribution in [0.3, 0.4) is 0 Å². The Morgan fingerprint density at radius 3 is 2.66 bits per heavy atom. The van der Waals surface area contributed by atoms with Crippen LogP contribution in [0.1, 0.15) is 17.5 Å². The summed E-state index contributed by atoms with van der Waals surface area (Å²) in [6, 6.07) is 15.1. The highest BCUT2D eigenvalue weighted by Crippen LogP contribution is 2.32. The average molecular weight is 411 g/mol. The van der Waals surface area contributed by atoms with Gasteiger partial charge in [0, 0.05) is 12.6 Å². The van der Waals surface area contributed by atoms with E-state index in [0.717, 1.165) is 11.1 Å². The molecule has 2 aromatic rings. The average Bonchev–Trinajstić information content (AvgIpc) is 3.31. The van der Waals surface area contributed by atoms with Crippen LogP contribution in [0.5, 0.6) is 11.5 Å². The van der Waals surface area contributed by atoms with Crippen LogP contribution >= 0.6 is 0 Å². The molecule has 7 heteroatoms. The fourth-order valence-corrected chi connectivity index (χ4v) is 4.64. The van der Waals surface area contributed by atoms with E-state index in [9.17, 15) is 13.2 Å². The Bertz CT molecular complexity index is 1060. The third-order valence-electron chi connectivity index (χ3n) is 4.88. The summed E-state index contributed by atoms with van der Waals surface area (Å²) >= 11 is 0. The van der Waals surface area contributed by atoms with Gasteiger partial charge in [-0.3, -0.25) is 4.79 Å². The molecule has 0 bridgehead atoms. The van der Waals surface area contributed by atoms with E-state index < -0.39 is 15.1 Å². The number of benzene rings is 2. The van der Waals surface area contributed by atoms with Crippen LogP contribution in [0.2, 0.25) is 0 Å². The Labute approximate surface area is 170 Å². The zero-order chi connectivity index (χ0) is 20.3. The quantitative estimate of drug-likeness (QED) is 0.683. The largest absolute Gasteiger partial charge is 0.454 e. The first kappa shape index (κ1) is 19.3. The van der Waals surface area contributed by atoms with Gasteiger partial charge in [-0.15, -0.1) is 0 Å². The normalized spacial score (nSPS) is 19.0. The van der Waals surface area contributed by atoms with Crippen molar-refractivity contribution in [2.75, 3.05) is 12.5 Å². The summed E-state index contributed by atoms with van der Waals surface area (Å²) in [7, 11) is -3.28. The fraction of sp³-hybridized carbons (Fsp3) is 0.227. The topological polar surface area (TPSA) is 72.9 Å². The lowest BCUT2D eigenvalue weighted by atomic mass is 10.1. The van der Waals surface area contributed by atoms with Gasteiger partial charge in [0.15, 0.2) is 21.3 Å². The van der Waals surface area contributed by atoms with Gasteiger partial charge in [-0.05, 0) is 29.3 Å². The molecule has 0 saturated heterocycles. The molecule has 0 aliphatic carbocycles. The molecule has 1 atom stereocenters. The van der Waals surface area contributed by atoms with Crippen molar-refractivity contribution in [1.82, 2.24) is 4.90 Å². The van der Waals surface area contributed by atoms with Crippen molar-refractivity contribution >= 4 is 21.8 Å². The van der Waals surface area contributed by atoms with Gasteiger partial charge < -0.3 is 14.4 Å². The molecule has 2 aliphatic heterocycles. The molecule has 4 rings (SSSR count). The zero-order valence-corrected chi connectivity index (χ0v) is 16.5. The van der Waals surface area contributed by atoms with Gasteiger partial charge in [0.2, 0.25) is 12.7 Å². The molecule has 1 amide bonds. The molecule has 2 aliphatic rings. The number of hydrogen-bond acceptors (Lipinski definition) is 5. The van der Waals surface area contributed by atoms with Crippen LogP contribution in [0.25, 0.3) is 6.08 Å². The summed E-state index contributed by atoms with van der Waals surface area (Å²) in [6.45, 7) is 0.557. The molecule has 0 aromatic heterocycles. The lowest BCUT2D eigenvalue weighted by Gasteiger charge is -2.20. The van der Waals surface area contributed by atoms with Crippen molar-refractivity contribution in [1.29, 1.82) is 0 Å². The van der Waals surface area contributed by atoms with E-state index in [2.05, 4.69) is 0 Å². The SMILES string of the molecule is O=C(CC1C=CCS1(=O)=O)N(/C=C/c1ccc2c(c1)OCO2)Cc1ccccc1. The van der Waals surface area contributed by atoms with Gasteiger partial charge in [0.1, 0.15) is 0 Å². The summed E-state index contributed by atoms with van der Waals surface area (Å²) in [5.41, 5.74) is 1.81. The number of amides is 1. The van der Waals surface area contributed by atoms with Crippen LogP contribution in [0.4, 0.5) is 0 Å². The third-order valence-corrected chi connectivity index (χ3v) is 6.78. The van der Waals surface area contributed by atoms with Crippen molar-refractivity contribution < 1.29 is 22.7 Å². The monoisotopic (exact) mass is 411 g/mol. The molecule has 0 radical (unpaired) electrons. The Hall–Kier alpha value is -3.06. The molecular formula is C22H21NO5S. The van der Waals surface area contributed by atoms with E-state index in [4.69, 9.17) is 9.47 Å². The highest BCUT2D eigenvalue weighted by atomic mass is 32.2. The Morgan fingerprint density at radius 1 is 1.10 bits per heavy atom. The molecule has 0 spiro atoms. The molecule has 29 heavy (non-hydrogen) atoms. The number of carbonyl (C=O) groups is 1. The predicted molar refractivity (Wildman–Crippen MR) is 110 cm³/mol. The number of nitrogens with zero attached hydrogens (tertiary/aromatic N) is 1. The summed E-state index contributed by atoms with van der Waals surface area (Å²) in [5, 5.41) is -0.757. The molecule has 6 nitrogen and oxygen atoms in total. The summed E-state index contributed by atoms with van der Waals surface area (Å²) < 4.78 is 34.9. The second kappa shape index (κ2) is 8.13. The molecule has 0 N–H and O–H groups in total. The summed E-state index contributed by atoms with van der Waals surface area (Å²) in [4.78, 5) is 14.5. The Kier molecular flexibility index (Phi) is 5.40. The molecule has 0 fully saturated rings. The number of hydrogen-bond donors (Lipinski definition) is 0. The van der Waals surface area contributed by atoms with Gasteiger partial charge in [-0.1, -0.05) is 48.6 Å². The van der Waals surface area contributed by atoms with Gasteiger partial charge in [-0.25, -0.2) is 8.42 Å². The first-order valence-corrected chi connectivity index (χ1v) is 11.0. The molecular weight excluding hydrogens is 390 g/mol. The van der Waals surface area contributed by atoms with E-state index in [1.165, 1.54) is 0 Å². The van der Waals surface area contributed by atoms with Crippen LogP contribution < -0.4 is 9.47 Å². The third kappa shape index (κ3) is 4.51. The zero-order valence-electron chi connectivity index (χ0n) is 15.7. The van der Waals surface area contributed by atoms with Crippen molar-refractivity contribution in [3.8, 4) is 11.5 Å². The predicted octanol–water partition coefficient (Wildman–Crippen LogP) is 3.16. The lowest BCUT2D eigenvalue weighted by Crippen LogP contribution is -2.30. The van der Waals surface area contributed by atoms with Crippen LogP contribution in [-0.2, 0) is 21.2 Å². The molecule has 2 heterocycles. The number of ether oxygens (including phenoxy) is 2. The van der Waals surface area contributed by atoms with Crippen LogP contribution in [-0.4, -0.2) is 37.0 Å². The highest BCUT2D eigenvalue weighted by Gasteiger charge is 2.30. The van der Waals surface area contributed by atoms with E-state index in [1.807, 2.05) is 54.6 Å². The molecule has 150 valence electrons. The van der Waals surface area contributed by atoms with Gasteiger partial charge in [-0.2, -0.15) is 0 Å². The lowest BCUT2D eigenvalue weighted by molar-refractivity contribution is -0.128. The Balaban J connectivity index is 1.54. The highest BCUT2D eigenvalue weighted by molar-refractivity contribution is 7.92. The van der Waals surface area contributed by atoms with Crippen LogP contribution in [0, 0.1) is 0 Å². The van der Waals surface area contributed by atoms with Crippen molar-refractivity contribution in [2.24, 2.45) is 0 Å². The van der Waals surface area contributed by atoms with Crippen molar-refractivity contribution in [2.45, 2.75) is 18.2 Å². The maximum absolute atomic E-state index is 12.9. The van der Waals surface area contributed by atoms with E-state index in [1.54, 1.807) is 23.3 Å². The number of fused-ring (bicyclic) bond motifs is 1. The standard InChI is InChI=1S/C22H21NO5S/c24-22(14-19-7-4-12-29(19,25)26)23(15-18-5-2-1-3-6-18)11-10-17-8-9-20-21(13-17)28-16-27-20/h1-11,13,19H,12,14-16H2/b11-10+. The van der Waals surface area contributed by atoms with Gasteiger partial charge >= 0.3 is 0 Å². The number of sulfone groups is 1. The van der Waals surface area contributed by atoms with E-state index in [0.29, 0.717) is 18.0 Å². The maximum atomic E-state index is 12.9. The minimum absolute atomic E-state index is 0.00331.